The van der Waals surface area contributed by atoms with Gasteiger partial charge in [-0.2, -0.15) is 0 Å². The molecular weight excluding hydrogens is 282 g/mol. The number of rotatable bonds is 3. The van der Waals surface area contributed by atoms with E-state index in [1.807, 2.05) is 18.2 Å². The SMILES string of the molecule is NCc1ccc(Br)cc1N1CCCC1C(N)=O. The van der Waals surface area contributed by atoms with Crippen LogP contribution in [0, 0.1) is 0 Å². The van der Waals surface area contributed by atoms with Crippen LogP contribution in [-0.4, -0.2) is 18.5 Å². The Morgan fingerprint density at radius 1 is 1.53 bits per heavy atom. The van der Waals surface area contributed by atoms with Crippen LogP contribution in [0.4, 0.5) is 5.69 Å². The maximum atomic E-state index is 11.4. The number of hydrogen-bond donors (Lipinski definition) is 2. The molecule has 4 N–H and O–H groups in total. The zero-order valence-electron chi connectivity index (χ0n) is 9.53. The van der Waals surface area contributed by atoms with Crippen molar-refractivity contribution in [3.05, 3.63) is 28.2 Å². The number of nitrogens with zero attached hydrogens (tertiary/aromatic N) is 1. The molecule has 1 amide bonds. The van der Waals surface area contributed by atoms with E-state index in [0.717, 1.165) is 35.1 Å². The second-order valence-corrected chi connectivity index (χ2v) is 5.15. The lowest BCUT2D eigenvalue weighted by molar-refractivity contribution is -0.119. The van der Waals surface area contributed by atoms with Gasteiger partial charge in [-0.1, -0.05) is 22.0 Å². The van der Waals surface area contributed by atoms with Crippen LogP contribution in [0.15, 0.2) is 22.7 Å². The van der Waals surface area contributed by atoms with E-state index in [-0.39, 0.29) is 11.9 Å². The molecule has 5 heteroatoms. The Morgan fingerprint density at radius 2 is 2.29 bits per heavy atom. The number of hydrogen-bond acceptors (Lipinski definition) is 3. The molecule has 0 aliphatic carbocycles. The molecule has 1 saturated heterocycles. The Bertz CT molecular complexity index is 436. The van der Waals surface area contributed by atoms with Gasteiger partial charge in [-0.15, -0.1) is 0 Å². The van der Waals surface area contributed by atoms with Crippen molar-refractivity contribution in [1.82, 2.24) is 0 Å². The second kappa shape index (κ2) is 5.06. The summed E-state index contributed by atoms with van der Waals surface area (Å²) in [5.74, 6) is -0.259. The Morgan fingerprint density at radius 3 is 2.94 bits per heavy atom. The molecule has 2 rings (SSSR count). The van der Waals surface area contributed by atoms with E-state index in [0.29, 0.717) is 6.54 Å². The van der Waals surface area contributed by atoms with Gasteiger partial charge in [-0.05, 0) is 30.5 Å². The molecule has 1 heterocycles. The van der Waals surface area contributed by atoms with E-state index < -0.39 is 0 Å². The zero-order chi connectivity index (χ0) is 12.4. The summed E-state index contributed by atoms with van der Waals surface area (Å²) < 4.78 is 0.986. The van der Waals surface area contributed by atoms with E-state index >= 15 is 0 Å². The summed E-state index contributed by atoms with van der Waals surface area (Å²) in [4.78, 5) is 13.5. The molecule has 0 aromatic heterocycles. The fraction of sp³-hybridized carbons (Fsp3) is 0.417. The standard InChI is InChI=1S/C12H16BrN3O/c13-9-4-3-8(7-14)11(6-9)16-5-1-2-10(16)12(15)17/h3-4,6,10H,1-2,5,7,14H2,(H2,15,17). The van der Waals surface area contributed by atoms with Gasteiger partial charge in [0.05, 0.1) is 0 Å². The van der Waals surface area contributed by atoms with Crippen molar-refractivity contribution in [1.29, 1.82) is 0 Å². The lowest BCUT2D eigenvalue weighted by Gasteiger charge is -2.26. The maximum Gasteiger partial charge on any atom is 0.240 e. The molecule has 4 nitrogen and oxygen atoms in total. The minimum absolute atomic E-state index is 0.199. The summed E-state index contributed by atoms with van der Waals surface area (Å²) in [5, 5.41) is 0. The second-order valence-electron chi connectivity index (χ2n) is 4.23. The smallest absolute Gasteiger partial charge is 0.240 e. The minimum Gasteiger partial charge on any atom is -0.368 e. The van der Waals surface area contributed by atoms with Gasteiger partial charge >= 0.3 is 0 Å². The first kappa shape index (κ1) is 12.4. The summed E-state index contributed by atoms with van der Waals surface area (Å²) in [5.41, 5.74) is 13.2. The number of carbonyl (C=O) groups is 1. The van der Waals surface area contributed by atoms with Gasteiger partial charge in [-0.25, -0.2) is 0 Å². The summed E-state index contributed by atoms with van der Waals surface area (Å²) in [7, 11) is 0. The molecule has 1 aliphatic heterocycles. The number of carbonyl (C=O) groups excluding carboxylic acids is 1. The highest BCUT2D eigenvalue weighted by atomic mass is 79.9. The molecule has 0 radical (unpaired) electrons. The van der Waals surface area contributed by atoms with Crippen LogP contribution < -0.4 is 16.4 Å². The first-order valence-corrected chi connectivity index (χ1v) is 6.47. The van der Waals surface area contributed by atoms with Crippen molar-refractivity contribution >= 4 is 27.5 Å². The van der Waals surface area contributed by atoms with E-state index in [2.05, 4.69) is 20.8 Å². The first-order valence-electron chi connectivity index (χ1n) is 5.68. The lowest BCUT2D eigenvalue weighted by Crippen LogP contribution is -2.40. The Labute approximate surface area is 109 Å². The normalized spacial score (nSPS) is 19.6. The van der Waals surface area contributed by atoms with Gasteiger partial charge in [0.15, 0.2) is 0 Å². The quantitative estimate of drug-likeness (QED) is 0.885. The van der Waals surface area contributed by atoms with Gasteiger partial charge in [0.1, 0.15) is 6.04 Å². The zero-order valence-corrected chi connectivity index (χ0v) is 11.1. The van der Waals surface area contributed by atoms with Gasteiger partial charge in [0, 0.05) is 23.2 Å². The Balaban J connectivity index is 2.38. The third kappa shape index (κ3) is 2.45. The van der Waals surface area contributed by atoms with Crippen LogP contribution >= 0.6 is 15.9 Å². The number of amides is 1. The van der Waals surface area contributed by atoms with Crippen molar-refractivity contribution in [2.45, 2.75) is 25.4 Å². The van der Waals surface area contributed by atoms with Gasteiger partial charge < -0.3 is 16.4 Å². The molecule has 0 saturated carbocycles. The predicted octanol–water partition coefficient (Wildman–Crippen LogP) is 1.36. The summed E-state index contributed by atoms with van der Waals surface area (Å²) in [6.45, 7) is 1.32. The topological polar surface area (TPSA) is 72.3 Å². The minimum atomic E-state index is -0.259. The van der Waals surface area contributed by atoms with E-state index in [1.165, 1.54) is 0 Å². The number of nitrogens with two attached hydrogens (primary N) is 2. The Kier molecular flexibility index (Phi) is 3.69. The number of primary amides is 1. The van der Waals surface area contributed by atoms with E-state index in [4.69, 9.17) is 11.5 Å². The van der Waals surface area contributed by atoms with Crippen LogP contribution in [0.1, 0.15) is 18.4 Å². The molecule has 0 bridgehead atoms. The summed E-state index contributed by atoms with van der Waals surface area (Å²) in [6, 6.07) is 5.75. The molecule has 1 fully saturated rings. The molecule has 92 valence electrons. The maximum absolute atomic E-state index is 11.4. The van der Waals surface area contributed by atoms with Crippen LogP contribution in [0.5, 0.6) is 0 Å². The van der Waals surface area contributed by atoms with Crippen molar-refractivity contribution in [2.75, 3.05) is 11.4 Å². The monoisotopic (exact) mass is 297 g/mol. The molecule has 1 unspecified atom stereocenters. The fourth-order valence-electron chi connectivity index (χ4n) is 2.33. The molecule has 1 aromatic carbocycles. The molecule has 1 aromatic rings. The highest BCUT2D eigenvalue weighted by molar-refractivity contribution is 9.10. The lowest BCUT2D eigenvalue weighted by atomic mass is 10.1. The Hall–Kier alpha value is -1.07. The average molecular weight is 298 g/mol. The third-order valence-electron chi connectivity index (χ3n) is 3.16. The molecule has 1 aliphatic rings. The molecule has 1 atom stereocenters. The molecule has 0 spiro atoms. The average Bonchev–Trinajstić information content (AvgIpc) is 2.77. The third-order valence-corrected chi connectivity index (χ3v) is 3.65. The fourth-order valence-corrected chi connectivity index (χ4v) is 2.68. The van der Waals surface area contributed by atoms with Crippen LogP contribution in [0.2, 0.25) is 0 Å². The van der Waals surface area contributed by atoms with Crippen LogP contribution in [0.3, 0.4) is 0 Å². The van der Waals surface area contributed by atoms with Crippen LogP contribution in [-0.2, 0) is 11.3 Å². The van der Waals surface area contributed by atoms with Crippen molar-refractivity contribution in [3.63, 3.8) is 0 Å². The van der Waals surface area contributed by atoms with E-state index in [9.17, 15) is 4.79 Å². The number of halogens is 1. The number of benzene rings is 1. The van der Waals surface area contributed by atoms with Crippen molar-refractivity contribution in [2.24, 2.45) is 11.5 Å². The summed E-state index contributed by atoms with van der Waals surface area (Å²) >= 11 is 3.45. The predicted molar refractivity (Wildman–Crippen MR) is 71.6 cm³/mol. The van der Waals surface area contributed by atoms with Crippen molar-refractivity contribution in [3.8, 4) is 0 Å². The summed E-state index contributed by atoms with van der Waals surface area (Å²) in [6.07, 6.45) is 1.82. The molecule has 17 heavy (non-hydrogen) atoms. The number of anilines is 1. The van der Waals surface area contributed by atoms with Gasteiger partial charge in [-0.3, -0.25) is 4.79 Å². The largest absolute Gasteiger partial charge is 0.368 e. The van der Waals surface area contributed by atoms with Crippen LogP contribution in [0.25, 0.3) is 0 Å². The highest BCUT2D eigenvalue weighted by Crippen LogP contribution is 2.31. The van der Waals surface area contributed by atoms with Gasteiger partial charge in [0.2, 0.25) is 5.91 Å². The highest BCUT2D eigenvalue weighted by Gasteiger charge is 2.30. The van der Waals surface area contributed by atoms with E-state index in [1.54, 1.807) is 0 Å². The first-order chi connectivity index (χ1) is 8.13. The molecular formula is C12H16BrN3O. The van der Waals surface area contributed by atoms with Gasteiger partial charge in [0.25, 0.3) is 0 Å². The van der Waals surface area contributed by atoms with Crippen molar-refractivity contribution < 1.29 is 4.79 Å².